The number of fused-ring (bicyclic) bond motifs is 2. The lowest BCUT2D eigenvalue weighted by Gasteiger charge is -2.29. The summed E-state index contributed by atoms with van der Waals surface area (Å²) in [5.74, 6) is -1.30. The molecular weight excluding hydrogens is 423 g/mol. The van der Waals surface area contributed by atoms with Crippen molar-refractivity contribution in [3.8, 4) is 0 Å². The van der Waals surface area contributed by atoms with Crippen molar-refractivity contribution >= 4 is 28.2 Å². The SMILES string of the molecule is NC(=NC(=O)c1ccc(C(F)(F)F)cn1)C1CCC2CN1C(=O)N2OS(=O)(=O)O. The Balaban J connectivity index is 1.75. The molecule has 2 unspecified atom stereocenters. The monoisotopic (exact) mass is 437 g/mol. The van der Waals surface area contributed by atoms with Crippen molar-refractivity contribution in [2.24, 2.45) is 10.7 Å². The van der Waals surface area contributed by atoms with Gasteiger partial charge in [-0.2, -0.15) is 31.6 Å². The van der Waals surface area contributed by atoms with Crippen LogP contribution < -0.4 is 5.73 Å². The molecule has 2 aliphatic heterocycles. The summed E-state index contributed by atoms with van der Waals surface area (Å²) in [6, 6.07) is -0.894. The number of amidine groups is 1. The third-order valence-corrected chi connectivity index (χ3v) is 4.73. The Hall–Kier alpha value is -2.78. The van der Waals surface area contributed by atoms with Gasteiger partial charge >= 0.3 is 22.6 Å². The van der Waals surface area contributed by atoms with Gasteiger partial charge < -0.3 is 10.6 Å². The van der Waals surface area contributed by atoms with E-state index in [1.54, 1.807) is 0 Å². The van der Waals surface area contributed by atoms with E-state index in [4.69, 9.17) is 10.3 Å². The van der Waals surface area contributed by atoms with Crippen LogP contribution in [0.2, 0.25) is 0 Å². The number of halogens is 3. The van der Waals surface area contributed by atoms with Crippen molar-refractivity contribution < 1.29 is 40.0 Å². The first-order valence-electron chi connectivity index (χ1n) is 8.05. The van der Waals surface area contributed by atoms with E-state index in [9.17, 15) is 31.2 Å². The molecule has 0 saturated carbocycles. The molecule has 2 aliphatic rings. The van der Waals surface area contributed by atoms with Crippen LogP contribution in [0.15, 0.2) is 23.3 Å². The normalized spacial score (nSPS) is 22.9. The molecule has 29 heavy (non-hydrogen) atoms. The number of nitrogens with zero attached hydrogens (tertiary/aromatic N) is 4. The van der Waals surface area contributed by atoms with Gasteiger partial charge in [-0.15, -0.1) is 4.28 Å². The van der Waals surface area contributed by atoms with Crippen LogP contribution in [0.25, 0.3) is 0 Å². The van der Waals surface area contributed by atoms with E-state index in [0.717, 1.165) is 11.0 Å². The first kappa shape index (κ1) is 20.9. The van der Waals surface area contributed by atoms with Crippen molar-refractivity contribution in [1.82, 2.24) is 14.9 Å². The van der Waals surface area contributed by atoms with Gasteiger partial charge in [-0.1, -0.05) is 0 Å². The second kappa shape index (κ2) is 7.23. The minimum Gasteiger partial charge on any atom is -0.385 e. The van der Waals surface area contributed by atoms with Crippen molar-refractivity contribution in [3.63, 3.8) is 0 Å². The second-order valence-corrected chi connectivity index (χ2v) is 7.29. The number of aliphatic imine (C=N–C) groups is 1. The summed E-state index contributed by atoms with van der Waals surface area (Å²) in [4.78, 5) is 32.6. The number of piperidine rings is 1. The largest absolute Gasteiger partial charge is 0.418 e. The predicted octanol–water partition coefficient (Wildman–Crippen LogP) is 0.601. The number of carbonyl (C=O) groups is 2. The molecule has 0 aliphatic carbocycles. The second-order valence-electron chi connectivity index (χ2n) is 6.28. The molecule has 3 N–H and O–H groups in total. The Morgan fingerprint density at radius 1 is 1.34 bits per heavy atom. The Labute approximate surface area is 161 Å². The third kappa shape index (κ3) is 4.46. The van der Waals surface area contributed by atoms with Crippen LogP contribution in [-0.2, 0) is 20.9 Å². The van der Waals surface area contributed by atoms with Crippen molar-refractivity contribution in [2.45, 2.75) is 31.1 Å². The number of nitrogens with two attached hydrogens (primary N) is 1. The molecule has 2 atom stereocenters. The minimum absolute atomic E-state index is 0.0158. The highest BCUT2D eigenvalue weighted by atomic mass is 32.3. The highest BCUT2D eigenvalue weighted by molar-refractivity contribution is 7.80. The van der Waals surface area contributed by atoms with Crippen LogP contribution in [0.5, 0.6) is 0 Å². The summed E-state index contributed by atoms with van der Waals surface area (Å²) in [6.07, 6.45) is -3.67. The van der Waals surface area contributed by atoms with Gasteiger partial charge in [-0.25, -0.2) is 4.79 Å². The van der Waals surface area contributed by atoms with Gasteiger partial charge in [0.2, 0.25) is 0 Å². The van der Waals surface area contributed by atoms with E-state index in [1.807, 2.05) is 0 Å². The van der Waals surface area contributed by atoms with E-state index in [2.05, 4.69) is 14.3 Å². The quantitative estimate of drug-likeness (QED) is 0.394. The number of hydrogen-bond acceptors (Lipinski definition) is 6. The van der Waals surface area contributed by atoms with Crippen molar-refractivity contribution in [1.29, 1.82) is 0 Å². The molecule has 11 nitrogen and oxygen atoms in total. The van der Waals surface area contributed by atoms with Gasteiger partial charge in [0.15, 0.2) is 0 Å². The molecule has 2 saturated heterocycles. The molecule has 0 aromatic carbocycles. The number of alkyl halides is 3. The van der Waals surface area contributed by atoms with E-state index < -0.39 is 46.2 Å². The topological polar surface area (TPSA) is 155 Å². The number of hydroxylamine groups is 2. The number of urea groups is 1. The van der Waals surface area contributed by atoms with Crippen LogP contribution in [0.3, 0.4) is 0 Å². The summed E-state index contributed by atoms with van der Waals surface area (Å²) in [6.45, 7) is 0.0158. The highest BCUT2D eigenvalue weighted by Gasteiger charge is 2.48. The lowest BCUT2D eigenvalue weighted by atomic mass is 10.0. The Kier molecular flexibility index (Phi) is 5.22. The molecule has 2 bridgehead atoms. The third-order valence-electron chi connectivity index (χ3n) is 4.38. The molecule has 1 aromatic heterocycles. The van der Waals surface area contributed by atoms with E-state index >= 15 is 0 Å². The van der Waals surface area contributed by atoms with E-state index in [0.29, 0.717) is 17.3 Å². The maximum atomic E-state index is 12.6. The number of aromatic nitrogens is 1. The molecule has 3 amide bonds. The zero-order chi connectivity index (χ0) is 21.6. The summed E-state index contributed by atoms with van der Waals surface area (Å²) in [5, 5.41) is 0.502. The van der Waals surface area contributed by atoms with Gasteiger partial charge in [0, 0.05) is 12.7 Å². The van der Waals surface area contributed by atoms with Crippen LogP contribution in [0.4, 0.5) is 18.0 Å². The Morgan fingerprint density at radius 3 is 2.59 bits per heavy atom. The summed E-state index contributed by atoms with van der Waals surface area (Å²) < 4.78 is 72.4. The van der Waals surface area contributed by atoms with Gasteiger partial charge in [-0.3, -0.25) is 14.3 Å². The first-order valence-corrected chi connectivity index (χ1v) is 9.42. The van der Waals surface area contributed by atoms with Crippen LogP contribution in [-0.4, -0.2) is 64.3 Å². The lowest BCUT2D eigenvalue weighted by molar-refractivity contribution is -0.137. The molecule has 158 valence electrons. The summed E-state index contributed by atoms with van der Waals surface area (Å²) >= 11 is 0. The molecule has 0 radical (unpaired) electrons. The fourth-order valence-corrected chi connectivity index (χ4v) is 3.46. The molecule has 3 heterocycles. The highest BCUT2D eigenvalue weighted by Crippen LogP contribution is 2.31. The fourth-order valence-electron chi connectivity index (χ4n) is 3.08. The standard InChI is InChI=1S/C14H14F3N5O6S/c15-14(16,17)7-1-3-9(19-5-7)12(23)20-11(18)10-4-2-8-6-21(10)13(24)22(8)28-29(25,26)27/h1,3,5,8,10H,2,4,6H2,(H2,18,20,23)(H,25,26,27). The van der Waals surface area contributed by atoms with Crippen LogP contribution in [0.1, 0.15) is 28.9 Å². The van der Waals surface area contributed by atoms with Crippen LogP contribution >= 0.6 is 0 Å². The van der Waals surface area contributed by atoms with E-state index in [1.165, 1.54) is 0 Å². The van der Waals surface area contributed by atoms with Crippen LogP contribution in [0, 0.1) is 0 Å². The number of hydrogen-bond donors (Lipinski definition) is 2. The number of amides is 3. The minimum atomic E-state index is -4.91. The lowest BCUT2D eigenvalue weighted by Crippen LogP contribution is -2.48. The smallest absolute Gasteiger partial charge is 0.385 e. The van der Waals surface area contributed by atoms with Gasteiger partial charge in [-0.05, 0) is 25.0 Å². The molecular formula is C14H14F3N5O6S. The maximum absolute atomic E-state index is 12.6. The molecule has 3 rings (SSSR count). The number of carbonyl (C=O) groups excluding carboxylic acids is 2. The average molecular weight is 437 g/mol. The number of rotatable bonds is 4. The van der Waals surface area contributed by atoms with E-state index in [-0.39, 0.29) is 30.9 Å². The Morgan fingerprint density at radius 2 is 2.03 bits per heavy atom. The maximum Gasteiger partial charge on any atom is 0.418 e. The molecule has 0 spiro atoms. The van der Waals surface area contributed by atoms with Gasteiger partial charge in [0.05, 0.1) is 17.6 Å². The van der Waals surface area contributed by atoms with Gasteiger partial charge in [0.1, 0.15) is 11.5 Å². The zero-order valence-corrected chi connectivity index (χ0v) is 15.2. The van der Waals surface area contributed by atoms with Crippen molar-refractivity contribution in [2.75, 3.05) is 6.54 Å². The fraction of sp³-hybridized carbons (Fsp3) is 0.429. The van der Waals surface area contributed by atoms with Gasteiger partial charge in [0.25, 0.3) is 5.91 Å². The Bertz CT molecular complexity index is 965. The van der Waals surface area contributed by atoms with Crippen molar-refractivity contribution in [3.05, 3.63) is 29.6 Å². The molecule has 15 heteroatoms. The number of pyridine rings is 1. The average Bonchev–Trinajstić information content (AvgIpc) is 2.84. The summed E-state index contributed by atoms with van der Waals surface area (Å²) in [5.41, 5.74) is 4.39. The zero-order valence-electron chi connectivity index (χ0n) is 14.4. The molecule has 2 fully saturated rings. The first-order chi connectivity index (χ1) is 13.4. The predicted molar refractivity (Wildman–Crippen MR) is 88.6 cm³/mol. The molecule has 1 aromatic rings. The summed E-state index contributed by atoms with van der Waals surface area (Å²) in [7, 11) is -4.91.